The van der Waals surface area contributed by atoms with Gasteiger partial charge in [0.25, 0.3) is 0 Å². The Bertz CT molecular complexity index is 435. The second-order valence-electron chi connectivity index (χ2n) is 7.37. The summed E-state index contributed by atoms with van der Waals surface area (Å²) in [7, 11) is 0. The molecule has 0 aromatic heterocycles. The van der Waals surface area contributed by atoms with Crippen molar-refractivity contribution in [3.8, 4) is 0 Å². The lowest BCUT2D eigenvalue weighted by Crippen LogP contribution is -2.39. The average Bonchev–Trinajstić information content (AvgIpc) is 2.49. The van der Waals surface area contributed by atoms with Crippen molar-refractivity contribution >= 4 is 0 Å². The molecule has 0 bridgehead atoms. The highest BCUT2D eigenvalue weighted by molar-refractivity contribution is 5.27. The van der Waals surface area contributed by atoms with Crippen molar-refractivity contribution < 1.29 is 0 Å². The van der Waals surface area contributed by atoms with E-state index in [4.69, 9.17) is 0 Å². The Morgan fingerprint density at radius 2 is 2.05 bits per heavy atom. The van der Waals surface area contributed by atoms with Gasteiger partial charge in [-0.2, -0.15) is 0 Å². The molecule has 2 unspecified atom stereocenters. The van der Waals surface area contributed by atoms with Crippen molar-refractivity contribution in [2.45, 2.75) is 72.3 Å². The summed E-state index contributed by atoms with van der Waals surface area (Å²) in [5, 5.41) is 3.86. The quantitative estimate of drug-likeness (QED) is 0.728. The van der Waals surface area contributed by atoms with E-state index in [0.29, 0.717) is 11.5 Å². The van der Waals surface area contributed by atoms with Gasteiger partial charge in [0.1, 0.15) is 0 Å². The van der Waals surface area contributed by atoms with Crippen LogP contribution in [0, 0.1) is 11.3 Å². The van der Waals surface area contributed by atoms with Gasteiger partial charge >= 0.3 is 0 Å². The topological polar surface area (TPSA) is 12.0 Å². The fraction of sp³-hybridized carbons (Fsp3) is 0.700. The van der Waals surface area contributed by atoms with E-state index in [0.717, 1.165) is 18.9 Å². The zero-order valence-corrected chi connectivity index (χ0v) is 14.4. The number of rotatable bonds is 6. The molecule has 0 radical (unpaired) electrons. The maximum absolute atomic E-state index is 3.86. The zero-order chi connectivity index (χ0) is 15.3. The molecular formula is C20H33N. The molecule has 0 saturated heterocycles. The predicted octanol–water partition coefficient (Wildman–Crippen LogP) is 5.51. The van der Waals surface area contributed by atoms with Crippen molar-refractivity contribution in [1.29, 1.82) is 0 Å². The SMILES string of the molecule is CCCNC(c1cccc(CC)c1)C1CCCCC1(C)C. The molecule has 1 saturated carbocycles. The van der Waals surface area contributed by atoms with Gasteiger partial charge in [0.05, 0.1) is 0 Å². The van der Waals surface area contributed by atoms with Gasteiger partial charge in [-0.05, 0) is 54.7 Å². The second kappa shape index (κ2) is 7.45. The van der Waals surface area contributed by atoms with Crippen LogP contribution in [0.1, 0.15) is 77.0 Å². The highest BCUT2D eigenvalue weighted by Crippen LogP contribution is 2.46. The summed E-state index contributed by atoms with van der Waals surface area (Å²) in [6.07, 6.45) is 7.87. The van der Waals surface area contributed by atoms with Crippen LogP contribution in [0.3, 0.4) is 0 Å². The maximum Gasteiger partial charge on any atom is 0.0353 e. The van der Waals surface area contributed by atoms with Crippen LogP contribution in [0.5, 0.6) is 0 Å². The van der Waals surface area contributed by atoms with Crippen LogP contribution in [0.2, 0.25) is 0 Å². The summed E-state index contributed by atoms with van der Waals surface area (Å²) in [4.78, 5) is 0. The minimum Gasteiger partial charge on any atom is -0.310 e. The van der Waals surface area contributed by atoms with E-state index in [1.54, 1.807) is 0 Å². The first-order valence-electron chi connectivity index (χ1n) is 8.90. The third kappa shape index (κ3) is 4.10. The average molecular weight is 287 g/mol. The molecule has 1 aliphatic carbocycles. The normalized spacial score (nSPS) is 23.0. The van der Waals surface area contributed by atoms with Crippen LogP contribution >= 0.6 is 0 Å². The Morgan fingerprint density at radius 3 is 2.71 bits per heavy atom. The fourth-order valence-electron chi connectivity index (χ4n) is 3.94. The Labute approximate surface area is 131 Å². The van der Waals surface area contributed by atoms with Crippen molar-refractivity contribution in [1.82, 2.24) is 5.32 Å². The second-order valence-corrected chi connectivity index (χ2v) is 7.37. The molecule has 0 heterocycles. The van der Waals surface area contributed by atoms with E-state index < -0.39 is 0 Å². The standard InChI is InChI=1S/C20H33N/c1-5-14-21-19(17-11-9-10-16(6-2)15-17)18-12-7-8-13-20(18,3)4/h9-11,15,18-19,21H,5-8,12-14H2,1-4H3. The highest BCUT2D eigenvalue weighted by atomic mass is 14.9. The van der Waals surface area contributed by atoms with E-state index >= 15 is 0 Å². The van der Waals surface area contributed by atoms with E-state index in [1.165, 1.54) is 43.2 Å². The first kappa shape index (κ1) is 16.5. The van der Waals surface area contributed by atoms with E-state index in [9.17, 15) is 0 Å². The lowest BCUT2D eigenvalue weighted by Gasteiger charge is -2.44. The molecule has 1 aromatic carbocycles. The summed E-state index contributed by atoms with van der Waals surface area (Å²) in [6.45, 7) is 10.6. The molecule has 1 aliphatic rings. The predicted molar refractivity (Wildman–Crippen MR) is 92.6 cm³/mol. The molecule has 0 aliphatic heterocycles. The van der Waals surface area contributed by atoms with Gasteiger partial charge in [0.15, 0.2) is 0 Å². The smallest absolute Gasteiger partial charge is 0.0353 e. The molecule has 1 heteroatoms. The van der Waals surface area contributed by atoms with Gasteiger partial charge in [-0.3, -0.25) is 0 Å². The van der Waals surface area contributed by atoms with Crippen molar-refractivity contribution in [2.75, 3.05) is 6.54 Å². The van der Waals surface area contributed by atoms with E-state index in [1.807, 2.05) is 0 Å². The highest BCUT2D eigenvalue weighted by Gasteiger charge is 2.37. The van der Waals surface area contributed by atoms with Gasteiger partial charge in [0.2, 0.25) is 0 Å². The van der Waals surface area contributed by atoms with E-state index in [-0.39, 0.29) is 0 Å². The summed E-state index contributed by atoms with van der Waals surface area (Å²) in [5.74, 6) is 0.755. The molecule has 21 heavy (non-hydrogen) atoms. The summed E-state index contributed by atoms with van der Waals surface area (Å²) in [6, 6.07) is 9.78. The fourth-order valence-corrected chi connectivity index (χ4v) is 3.94. The molecule has 118 valence electrons. The van der Waals surface area contributed by atoms with Crippen LogP contribution in [0.25, 0.3) is 0 Å². The molecular weight excluding hydrogens is 254 g/mol. The Kier molecular flexibility index (Phi) is 5.87. The zero-order valence-electron chi connectivity index (χ0n) is 14.4. The molecule has 0 spiro atoms. The third-order valence-electron chi connectivity index (χ3n) is 5.33. The third-order valence-corrected chi connectivity index (χ3v) is 5.33. The summed E-state index contributed by atoms with van der Waals surface area (Å²) >= 11 is 0. The molecule has 1 nitrogen and oxygen atoms in total. The first-order valence-corrected chi connectivity index (χ1v) is 8.90. The monoisotopic (exact) mass is 287 g/mol. The van der Waals surface area contributed by atoms with Crippen LogP contribution in [-0.4, -0.2) is 6.54 Å². The first-order chi connectivity index (χ1) is 10.1. The largest absolute Gasteiger partial charge is 0.310 e. The Morgan fingerprint density at radius 1 is 1.24 bits per heavy atom. The van der Waals surface area contributed by atoms with Crippen molar-refractivity contribution in [3.63, 3.8) is 0 Å². The van der Waals surface area contributed by atoms with Crippen molar-refractivity contribution in [3.05, 3.63) is 35.4 Å². The lowest BCUT2D eigenvalue weighted by atomic mass is 9.64. The number of nitrogens with one attached hydrogen (secondary N) is 1. The number of hydrogen-bond acceptors (Lipinski definition) is 1. The minimum atomic E-state index is 0.450. The lowest BCUT2D eigenvalue weighted by molar-refractivity contribution is 0.0981. The van der Waals surface area contributed by atoms with Gasteiger partial charge in [-0.15, -0.1) is 0 Å². The Balaban J connectivity index is 2.28. The number of aryl methyl sites for hydroxylation is 1. The van der Waals surface area contributed by atoms with Gasteiger partial charge in [0, 0.05) is 6.04 Å². The van der Waals surface area contributed by atoms with Crippen LogP contribution in [0.4, 0.5) is 0 Å². The summed E-state index contributed by atoms with van der Waals surface area (Å²) < 4.78 is 0. The molecule has 1 N–H and O–H groups in total. The maximum atomic E-state index is 3.86. The molecule has 1 fully saturated rings. The van der Waals surface area contributed by atoms with Gasteiger partial charge in [-0.1, -0.05) is 64.8 Å². The molecule has 2 atom stereocenters. The molecule has 1 aromatic rings. The minimum absolute atomic E-state index is 0.450. The van der Waals surface area contributed by atoms with Crippen molar-refractivity contribution in [2.24, 2.45) is 11.3 Å². The number of benzene rings is 1. The molecule has 2 rings (SSSR count). The van der Waals surface area contributed by atoms with Crippen LogP contribution in [-0.2, 0) is 6.42 Å². The number of hydrogen-bond donors (Lipinski definition) is 1. The van der Waals surface area contributed by atoms with Gasteiger partial charge in [-0.25, -0.2) is 0 Å². The van der Waals surface area contributed by atoms with Crippen LogP contribution < -0.4 is 5.32 Å². The summed E-state index contributed by atoms with van der Waals surface area (Å²) in [5.41, 5.74) is 3.42. The van der Waals surface area contributed by atoms with Crippen LogP contribution in [0.15, 0.2) is 24.3 Å². The molecule has 0 amide bonds. The van der Waals surface area contributed by atoms with Gasteiger partial charge < -0.3 is 5.32 Å². The Hall–Kier alpha value is -0.820. The van der Waals surface area contributed by atoms with E-state index in [2.05, 4.69) is 57.3 Å².